The molecule has 0 bridgehead atoms. The second-order valence-electron chi connectivity index (χ2n) is 9.04. The molecule has 0 aliphatic carbocycles. The van der Waals surface area contributed by atoms with E-state index < -0.39 is 5.41 Å². The van der Waals surface area contributed by atoms with Crippen molar-refractivity contribution in [3.05, 3.63) is 82.5 Å². The van der Waals surface area contributed by atoms with Crippen molar-refractivity contribution in [2.75, 3.05) is 34.4 Å². The average molecular weight is 492 g/mol. The van der Waals surface area contributed by atoms with Gasteiger partial charge in [-0.2, -0.15) is 10.1 Å². The first-order valence-corrected chi connectivity index (χ1v) is 12.1. The molecular formula is C26H23Cl2N5O. The zero-order valence-corrected chi connectivity index (χ0v) is 20.2. The van der Waals surface area contributed by atoms with Crippen LogP contribution in [0.1, 0.15) is 12.5 Å². The lowest BCUT2D eigenvalue weighted by Crippen LogP contribution is -2.67. The minimum absolute atomic E-state index is 0.00852. The molecule has 3 aromatic rings. The molecule has 2 atom stereocenters. The molecule has 34 heavy (non-hydrogen) atoms. The van der Waals surface area contributed by atoms with Gasteiger partial charge in [0.15, 0.2) is 0 Å². The summed E-state index contributed by atoms with van der Waals surface area (Å²) in [6.45, 7) is 4.21. The fourth-order valence-corrected chi connectivity index (χ4v) is 5.88. The minimum Gasteiger partial charge on any atom is -0.363 e. The van der Waals surface area contributed by atoms with Crippen LogP contribution in [0.5, 0.6) is 0 Å². The zero-order valence-electron chi connectivity index (χ0n) is 18.7. The number of hydrogen-bond acceptors (Lipinski definition) is 5. The van der Waals surface area contributed by atoms with Crippen molar-refractivity contribution in [3.63, 3.8) is 0 Å². The number of aromatic nitrogens is 1. The molecule has 2 unspecified atom stereocenters. The number of carbonyl (C=O) groups excluding carboxylic acids is 1. The fourth-order valence-electron chi connectivity index (χ4n) is 5.59. The number of rotatable bonds is 2. The number of anilines is 3. The highest BCUT2D eigenvalue weighted by Crippen LogP contribution is 2.49. The highest BCUT2D eigenvalue weighted by atomic mass is 35.5. The second-order valence-corrected chi connectivity index (χ2v) is 9.92. The van der Waals surface area contributed by atoms with Crippen LogP contribution in [0.25, 0.3) is 0 Å². The van der Waals surface area contributed by atoms with Crippen molar-refractivity contribution in [2.45, 2.75) is 19.4 Å². The van der Waals surface area contributed by atoms with Crippen LogP contribution < -0.4 is 14.8 Å². The number of benzene rings is 2. The van der Waals surface area contributed by atoms with E-state index in [1.165, 1.54) is 0 Å². The number of hydrogen-bond donors (Lipinski definition) is 0. The maximum Gasteiger partial charge on any atom is 0.261 e. The van der Waals surface area contributed by atoms with E-state index in [0.717, 1.165) is 41.6 Å². The van der Waals surface area contributed by atoms with E-state index in [1.54, 1.807) is 17.1 Å². The van der Waals surface area contributed by atoms with Crippen LogP contribution >= 0.6 is 23.2 Å². The van der Waals surface area contributed by atoms with E-state index in [4.69, 9.17) is 28.3 Å². The number of halogens is 2. The molecule has 6 rings (SSSR count). The van der Waals surface area contributed by atoms with Crippen molar-refractivity contribution < 1.29 is 4.79 Å². The molecule has 8 heteroatoms. The van der Waals surface area contributed by atoms with Crippen LogP contribution in [-0.2, 0) is 11.2 Å². The number of carbonyl (C=O) groups is 1. The highest BCUT2D eigenvalue weighted by Gasteiger charge is 2.60. The lowest BCUT2D eigenvalue weighted by molar-refractivity contribution is -0.125. The number of nitrogens with zero attached hydrogens (tertiary/aromatic N) is 5. The topological polar surface area (TPSA) is 52.0 Å². The molecule has 0 saturated carbocycles. The van der Waals surface area contributed by atoms with E-state index in [1.807, 2.05) is 61.7 Å². The van der Waals surface area contributed by atoms with Gasteiger partial charge in [0.1, 0.15) is 11.2 Å². The summed E-state index contributed by atoms with van der Waals surface area (Å²) in [7, 11) is 0. The first-order valence-electron chi connectivity index (χ1n) is 11.3. The molecule has 3 aliphatic heterocycles. The molecule has 3 aliphatic rings. The van der Waals surface area contributed by atoms with Gasteiger partial charge >= 0.3 is 0 Å². The van der Waals surface area contributed by atoms with Crippen LogP contribution in [0, 0.1) is 5.41 Å². The normalized spacial score (nSPS) is 23.7. The Labute approximate surface area is 208 Å². The number of amides is 1. The first kappa shape index (κ1) is 21.4. The SMILES string of the molecule is CC1=NN(c2ccc(Cl)cc2)C(=O)C12Cc1ccc(Cl)cc1N1CCN(c3ccccn3)CC12. The molecule has 0 N–H and O–H groups in total. The molecule has 0 radical (unpaired) electrons. The third kappa shape index (κ3) is 3.20. The van der Waals surface area contributed by atoms with Crippen LogP contribution in [0.2, 0.25) is 10.0 Å². The van der Waals surface area contributed by atoms with Crippen molar-refractivity contribution in [2.24, 2.45) is 10.5 Å². The van der Waals surface area contributed by atoms with Crippen molar-refractivity contribution in [3.8, 4) is 0 Å². The van der Waals surface area contributed by atoms with Crippen molar-refractivity contribution in [1.82, 2.24) is 4.98 Å². The van der Waals surface area contributed by atoms with Crippen molar-refractivity contribution in [1.29, 1.82) is 0 Å². The Morgan fingerprint density at radius 2 is 1.79 bits per heavy atom. The van der Waals surface area contributed by atoms with E-state index >= 15 is 0 Å². The third-order valence-electron chi connectivity index (χ3n) is 7.29. The minimum atomic E-state index is -0.784. The molecule has 1 aromatic heterocycles. The predicted octanol–water partition coefficient (Wildman–Crippen LogP) is 5.05. The summed E-state index contributed by atoms with van der Waals surface area (Å²) in [5.41, 5.74) is 2.98. The van der Waals surface area contributed by atoms with E-state index in [9.17, 15) is 4.79 Å². The molecule has 1 fully saturated rings. The average Bonchev–Trinajstić information content (AvgIpc) is 3.11. The van der Waals surface area contributed by atoms with Gasteiger partial charge in [0, 0.05) is 41.6 Å². The summed E-state index contributed by atoms with van der Waals surface area (Å²) >= 11 is 12.5. The molecule has 1 amide bonds. The maximum absolute atomic E-state index is 14.2. The van der Waals surface area contributed by atoms with Gasteiger partial charge < -0.3 is 9.80 Å². The van der Waals surface area contributed by atoms with E-state index in [-0.39, 0.29) is 11.9 Å². The van der Waals surface area contributed by atoms with Gasteiger partial charge in [0.05, 0.1) is 17.4 Å². The number of fused-ring (bicyclic) bond motifs is 4. The molecule has 6 nitrogen and oxygen atoms in total. The number of pyridine rings is 1. The summed E-state index contributed by atoms with van der Waals surface area (Å²) in [5, 5.41) is 7.67. The largest absolute Gasteiger partial charge is 0.363 e. The summed E-state index contributed by atoms with van der Waals surface area (Å²) in [4.78, 5) is 23.4. The molecule has 2 aromatic carbocycles. The lowest BCUT2D eigenvalue weighted by atomic mass is 9.67. The first-order chi connectivity index (χ1) is 16.5. The second kappa shape index (κ2) is 8.00. The smallest absolute Gasteiger partial charge is 0.261 e. The Balaban J connectivity index is 1.46. The molecular weight excluding hydrogens is 469 g/mol. The van der Waals surface area contributed by atoms with Crippen molar-refractivity contribution >= 4 is 52.0 Å². The van der Waals surface area contributed by atoms with Gasteiger partial charge in [-0.05, 0) is 67.4 Å². The Morgan fingerprint density at radius 1 is 1.00 bits per heavy atom. The fraction of sp³-hybridized carbons (Fsp3) is 0.269. The summed E-state index contributed by atoms with van der Waals surface area (Å²) in [6, 6.07) is 19.1. The van der Waals surface area contributed by atoms with E-state index in [2.05, 4.69) is 14.8 Å². The third-order valence-corrected chi connectivity index (χ3v) is 7.78. The molecule has 1 saturated heterocycles. The summed E-state index contributed by atoms with van der Waals surface area (Å²) in [6.07, 6.45) is 2.39. The Bertz CT molecular complexity index is 1300. The highest BCUT2D eigenvalue weighted by molar-refractivity contribution is 6.31. The van der Waals surface area contributed by atoms with Gasteiger partial charge in [0.2, 0.25) is 0 Å². The van der Waals surface area contributed by atoms with Gasteiger partial charge in [-0.25, -0.2) is 4.98 Å². The van der Waals surface area contributed by atoms with Crippen LogP contribution in [0.3, 0.4) is 0 Å². The number of piperazine rings is 1. The Kier molecular flexibility index (Phi) is 5.04. The Morgan fingerprint density at radius 3 is 2.56 bits per heavy atom. The molecule has 172 valence electrons. The quantitative estimate of drug-likeness (QED) is 0.503. The van der Waals surface area contributed by atoms with Crippen LogP contribution in [0.15, 0.2) is 72.0 Å². The monoisotopic (exact) mass is 491 g/mol. The van der Waals surface area contributed by atoms with Crippen LogP contribution in [-0.4, -0.2) is 42.3 Å². The molecule has 4 heterocycles. The summed E-state index contributed by atoms with van der Waals surface area (Å²) in [5.74, 6) is 0.912. The van der Waals surface area contributed by atoms with Gasteiger partial charge in [-0.3, -0.25) is 4.79 Å². The van der Waals surface area contributed by atoms with Crippen LogP contribution in [0.4, 0.5) is 17.2 Å². The molecule has 1 spiro atoms. The standard InChI is InChI=1S/C26H23Cl2N5O/c1-17-26(25(34)33(30-17)21-9-7-19(27)8-10-21)15-18-5-6-20(28)14-22(18)32-13-12-31(16-23(26)32)24-4-2-3-11-29-24/h2-11,14,23H,12-13,15-16H2,1H3. The maximum atomic E-state index is 14.2. The van der Waals surface area contributed by atoms with Gasteiger partial charge in [0.25, 0.3) is 5.91 Å². The summed E-state index contributed by atoms with van der Waals surface area (Å²) < 4.78 is 0. The lowest BCUT2D eigenvalue weighted by Gasteiger charge is -2.53. The van der Waals surface area contributed by atoms with Gasteiger partial charge in [-0.15, -0.1) is 0 Å². The number of hydrazone groups is 1. The van der Waals surface area contributed by atoms with E-state index in [0.29, 0.717) is 23.0 Å². The van der Waals surface area contributed by atoms with Gasteiger partial charge in [-0.1, -0.05) is 35.3 Å². The predicted molar refractivity (Wildman–Crippen MR) is 137 cm³/mol. The Hall–Kier alpha value is -3.09. The zero-order chi connectivity index (χ0) is 23.4.